The van der Waals surface area contributed by atoms with Gasteiger partial charge in [-0.15, -0.1) is 0 Å². The summed E-state index contributed by atoms with van der Waals surface area (Å²) in [7, 11) is 0. The van der Waals surface area contributed by atoms with Gasteiger partial charge in [0.05, 0.1) is 11.3 Å². The van der Waals surface area contributed by atoms with E-state index in [2.05, 4.69) is 9.97 Å². The highest BCUT2D eigenvalue weighted by molar-refractivity contribution is 5.62. The second-order valence-corrected chi connectivity index (χ2v) is 3.86. The van der Waals surface area contributed by atoms with Crippen molar-refractivity contribution in [3.05, 3.63) is 41.6 Å². The maximum Gasteiger partial charge on any atom is 0.417 e. The van der Waals surface area contributed by atoms with Crippen LogP contribution in [0.1, 0.15) is 11.3 Å². The second kappa shape index (κ2) is 4.85. The number of anilines is 1. The normalized spacial score (nSPS) is 11.6. The van der Waals surface area contributed by atoms with Gasteiger partial charge in [0.15, 0.2) is 5.82 Å². The highest BCUT2D eigenvalue weighted by atomic mass is 19.4. The van der Waals surface area contributed by atoms with Crippen molar-refractivity contribution < 1.29 is 13.2 Å². The monoisotopic (exact) mass is 268 g/mol. The first-order valence-electron chi connectivity index (χ1n) is 5.42. The van der Waals surface area contributed by atoms with Crippen molar-refractivity contribution in [1.29, 1.82) is 0 Å². The molecule has 0 aliphatic carbocycles. The molecule has 4 N–H and O–H groups in total. The Bertz CT molecular complexity index is 596. The number of rotatable bonds is 2. The van der Waals surface area contributed by atoms with E-state index in [1.54, 1.807) is 0 Å². The fourth-order valence-electron chi connectivity index (χ4n) is 1.67. The Morgan fingerprint density at radius 3 is 2.42 bits per heavy atom. The van der Waals surface area contributed by atoms with Crippen LogP contribution in [0.15, 0.2) is 30.3 Å². The summed E-state index contributed by atoms with van der Waals surface area (Å²) in [6.07, 6.45) is -4.48. The molecule has 0 saturated carbocycles. The van der Waals surface area contributed by atoms with Gasteiger partial charge in [0.2, 0.25) is 0 Å². The Hall–Kier alpha value is -2.15. The Morgan fingerprint density at radius 1 is 1.11 bits per heavy atom. The van der Waals surface area contributed by atoms with Gasteiger partial charge in [0.1, 0.15) is 5.82 Å². The lowest BCUT2D eigenvalue weighted by Crippen LogP contribution is -2.10. The van der Waals surface area contributed by atoms with Crippen LogP contribution in [0.3, 0.4) is 0 Å². The zero-order valence-electron chi connectivity index (χ0n) is 9.78. The quantitative estimate of drug-likeness (QED) is 0.875. The number of benzene rings is 1. The molecule has 1 aromatic carbocycles. The number of aromatic nitrogens is 2. The maximum atomic E-state index is 12.9. The molecule has 0 fully saturated rings. The van der Waals surface area contributed by atoms with E-state index in [1.807, 2.05) is 0 Å². The van der Waals surface area contributed by atoms with Crippen LogP contribution in [0.4, 0.5) is 19.0 Å². The molecule has 19 heavy (non-hydrogen) atoms. The summed E-state index contributed by atoms with van der Waals surface area (Å²) in [6, 6.07) is 6.50. The standard InChI is InChI=1S/C12H11F3N4/c13-12(14,15)9-4-2-1-3-8(9)11-18-7(6-16)5-10(17)19-11/h1-5H,6,16H2,(H2,17,18,19). The van der Waals surface area contributed by atoms with Crippen molar-refractivity contribution in [1.82, 2.24) is 9.97 Å². The topological polar surface area (TPSA) is 77.8 Å². The first kappa shape index (κ1) is 13.3. The van der Waals surface area contributed by atoms with Gasteiger partial charge < -0.3 is 11.5 Å². The Morgan fingerprint density at radius 2 is 1.79 bits per heavy atom. The molecule has 0 bridgehead atoms. The zero-order valence-corrected chi connectivity index (χ0v) is 9.78. The average Bonchev–Trinajstić information content (AvgIpc) is 2.37. The number of halogens is 3. The van der Waals surface area contributed by atoms with Crippen LogP contribution in [-0.4, -0.2) is 9.97 Å². The molecule has 0 saturated heterocycles. The Kier molecular flexibility index (Phi) is 3.39. The third kappa shape index (κ3) is 2.82. The molecule has 0 spiro atoms. The predicted octanol–water partition coefficient (Wildman–Crippen LogP) is 2.20. The number of hydrogen-bond acceptors (Lipinski definition) is 4. The summed E-state index contributed by atoms with van der Waals surface area (Å²) in [5, 5.41) is 0. The van der Waals surface area contributed by atoms with Gasteiger partial charge in [-0.2, -0.15) is 13.2 Å². The maximum absolute atomic E-state index is 12.9. The van der Waals surface area contributed by atoms with Crippen molar-refractivity contribution in [2.75, 3.05) is 5.73 Å². The molecule has 0 atom stereocenters. The Labute approximate surface area is 107 Å². The molecule has 1 heterocycles. The lowest BCUT2D eigenvalue weighted by atomic mass is 10.1. The third-order valence-corrected chi connectivity index (χ3v) is 2.48. The van der Waals surface area contributed by atoms with Crippen LogP contribution in [0.5, 0.6) is 0 Å². The minimum atomic E-state index is -4.48. The van der Waals surface area contributed by atoms with E-state index in [-0.39, 0.29) is 23.8 Å². The fourth-order valence-corrected chi connectivity index (χ4v) is 1.67. The van der Waals surface area contributed by atoms with Gasteiger partial charge in [0, 0.05) is 18.2 Å². The number of hydrogen-bond donors (Lipinski definition) is 2. The van der Waals surface area contributed by atoms with Crippen molar-refractivity contribution in [3.8, 4) is 11.4 Å². The van der Waals surface area contributed by atoms with E-state index in [0.29, 0.717) is 5.69 Å². The third-order valence-electron chi connectivity index (χ3n) is 2.48. The van der Waals surface area contributed by atoms with E-state index in [1.165, 1.54) is 24.3 Å². The zero-order chi connectivity index (χ0) is 14.0. The summed E-state index contributed by atoms with van der Waals surface area (Å²) >= 11 is 0. The highest BCUT2D eigenvalue weighted by Gasteiger charge is 2.34. The lowest BCUT2D eigenvalue weighted by molar-refractivity contribution is -0.137. The van der Waals surface area contributed by atoms with Crippen molar-refractivity contribution >= 4 is 5.82 Å². The van der Waals surface area contributed by atoms with E-state index in [9.17, 15) is 13.2 Å². The SMILES string of the molecule is NCc1cc(N)nc(-c2ccccc2C(F)(F)F)n1. The second-order valence-electron chi connectivity index (χ2n) is 3.86. The van der Waals surface area contributed by atoms with Crippen molar-refractivity contribution in [3.63, 3.8) is 0 Å². The summed E-state index contributed by atoms with van der Waals surface area (Å²) in [6.45, 7) is 0.0773. The molecule has 2 aromatic rings. The molecule has 2 rings (SSSR count). The molecular formula is C12H11F3N4. The Balaban J connectivity index is 2.62. The fraction of sp³-hybridized carbons (Fsp3) is 0.167. The minimum Gasteiger partial charge on any atom is -0.384 e. The van der Waals surface area contributed by atoms with Gasteiger partial charge in [-0.05, 0) is 6.07 Å². The molecule has 0 aliphatic heterocycles. The molecule has 0 radical (unpaired) electrons. The highest BCUT2D eigenvalue weighted by Crippen LogP contribution is 2.35. The number of nitrogens with two attached hydrogens (primary N) is 2. The molecule has 100 valence electrons. The van der Waals surface area contributed by atoms with Crippen LogP contribution >= 0.6 is 0 Å². The van der Waals surface area contributed by atoms with Crippen molar-refractivity contribution in [2.24, 2.45) is 5.73 Å². The average molecular weight is 268 g/mol. The van der Waals surface area contributed by atoms with Crippen LogP contribution in [0, 0.1) is 0 Å². The van der Waals surface area contributed by atoms with Crippen molar-refractivity contribution in [2.45, 2.75) is 12.7 Å². The van der Waals surface area contributed by atoms with Gasteiger partial charge in [-0.25, -0.2) is 9.97 Å². The smallest absolute Gasteiger partial charge is 0.384 e. The molecule has 4 nitrogen and oxygen atoms in total. The predicted molar refractivity (Wildman–Crippen MR) is 64.8 cm³/mol. The first-order valence-corrected chi connectivity index (χ1v) is 5.42. The summed E-state index contributed by atoms with van der Waals surface area (Å²) in [5.74, 6) is 0.0100. The van der Waals surface area contributed by atoms with Crippen LogP contribution in [0.2, 0.25) is 0 Å². The van der Waals surface area contributed by atoms with Gasteiger partial charge in [0.25, 0.3) is 0 Å². The van der Waals surface area contributed by atoms with Gasteiger partial charge in [-0.3, -0.25) is 0 Å². The van der Waals surface area contributed by atoms with E-state index in [4.69, 9.17) is 11.5 Å². The first-order chi connectivity index (χ1) is 8.91. The van der Waals surface area contributed by atoms with Crippen LogP contribution in [0.25, 0.3) is 11.4 Å². The lowest BCUT2D eigenvalue weighted by Gasteiger charge is -2.12. The van der Waals surface area contributed by atoms with Crippen LogP contribution < -0.4 is 11.5 Å². The number of nitrogen functional groups attached to an aromatic ring is 1. The van der Waals surface area contributed by atoms with E-state index in [0.717, 1.165) is 6.07 Å². The number of alkyl halides is 3. The molecular weight excluding hydrogens is 257 g/mol. The molecule has 0 unspecified atom stereocenters. The molecule has 0 amide bonds. The molecule has 7 heteroatoms. The summed E-state index contributed by atoms with van der Waals surface area (Å²) in [4.78, 5) is 7.82. The summed E-state index contributed by atoms with van der Waals surface area (Å²) in [5.41, 5.74) is 10.4. The van der Waals surface area contributed by atoms with Crippen LogP contribution in [-0.2, 0) is 12.7 Å². The number of nitrogens with zero attached hydrogens (tertiary/aromatic N) is 2. The molecule has 1 aromatic heterocycles. The van der Waals surface area contributed by atoms with Gasteiger partial charge >= 0.3 is 6.18 Å². The summed E-state index contributed by atoms with van der Waals surface area (Å²) < 4.78 is 38.7. The van der Waals surface area contributed by atoms with Gasteiger partial charge in [-0.1, -0.05) is 18.2 Å². The minimum absolute atomic E-state index is 0.0756. The van der Waals surface area contributed by atoms with E-state index >= 15 is 0 Å². The van der Waals surface area contributed by atoms with E-state index < -0.39 is 11.7 Å². The molecule has 0 aliphatic rings. The largest absolute Gasteiger partial charge is 0.417 e.